The van der Waals surface area contributed by atoms with Gasteiger partial charge in [-0.25, -0.2) is 0 Å². The summed E-state index contributed by atoms with van der Waals surface area (Å²) in [6, 6.07) is 0. The quantitative estimate of drug-likeness (QED) is 0.423. The highest BCUT2D eigenvalue weighted by Crippen LogP contribution is 1.85. The summed E-state index contributed by atoms with van der Waals surface area (Å²) in [7, 11) is 0. The Morgan fingerprint density at radius 3 is 2.75 bits per heavy atom. The second kappa shape index (κ2) is 5.78. The lowest BCUT2D eigenvalue weighted by molar-refractivity contribution is 0.164. The summed E-state index contributed by atoms with van der Waals surface area (Å²) >= 11 is 2.14. The van der Waals surface area contributed by atoms with Crippen molar-refractivity contribution in [1.82, 2.24) is 5.32 Å². The zero-order valence-corrected chi connectivity index (χ0v) is 7.18. The Hall–Kier alpha value is 0.650. The number of hydrogen-bond acceptors (Lipinski definition) is 2. The maximum absolute atomic E-state index is 8.87. The van der Waals surface area contributed by atoms with Crippen molar-refractivity contribution in [3.8, 4) is 0 Å². The van der Waals surface area contributed by atoms with E-state index in [9.17, 15) is 0 Å². The van der Waals surface area contributed by atoms with Gasteiger partial charge in [0, 0.05) is 4.43 Å². The van der Waals surface area contributed by atoms with E-state index in [0.29, 0.717) is 0 Å². The van der Waals surface area contributed by atoms with Gasteiger partial charge in [-0.15, -0.1) is 0 Å². The second-order valence-electron chi connectivity index (χ2n) is 1.62. The lowest BCUT2D eigenvalue weighted by atomic mass is 10.5. The van der Waals surface area contributed by atoms with Crippen LogP contribution in [0.25, 0.3) is 0 Å². The summed E-state index contributed by atoms with van der Waals surface area (Å²) in [6.45, 7) is 2.98. The molecular formula is C5H12INO. The second-order valence-corrected chi connectivity index (χ2v) is 2.51. The van der Waals surface area contributed by atoms with Crippen LogP contribution >= 0.6 is 22.6 Å². The highest BCUT2D eigenvalue weighted by Gasteiger charge is 1.95. The fourth-order valence-corrected chi connectivity index (χ4v) is 0.677. The summed E-state index contributed by atoms with van der Waals surface area (Å²) < 4.78 is 0.762. The fourth-order valence-electron chi connectivity index (χ4n) is 0.366. The van der Waals surface area contributed by atoms with Crippen molar-refractivity contribution in [1.29, 1.82) is 0 Å². The maximum Gasteiger partial charge on any atom is 0.113 e. The molecule has 0 rings (SSSR count). The third kappa shape index (κ3) is 4.80. The third-order valence-corrected chi connectivity index (χ3v) is 1.61. The minimum absolute atomic E-state index is 0.310. The van der Waals surface area contributed by atoms with Gasteiger partial charge in [0.1, 0.15) is 6.23 Å². The molecule has 0 aliphatic carbocycles. The molecule has 0 fully saturated rings. The van der Waals surface area contributed by atoms with Gasteiger partial charge in [-0.05, 0) is 13.0 Å². The maximum atomic E-state index is 8.87. The van der Waals surface area contributed by atoms with E-state index in [1.165, 1.54) is 0 Å². The number of rotatable bonds is 4. The topological polar surface area (TPSA) is 32.3 Å². The molecule has 0 spiro atoms. The third-order valence-electron chi connectivity index (χ3n) is 0.776. The van der Waals surface area contributed by atoms with Gasteiger partial charge in [0.15, 0.2) is 0 Å². The van der Waals surface area contributed by atoms with Crippen LogP contribution in [0.5, 0.6) is 0 Å². The van der Waals surface area contributed by atoms with Crippen LogP contribution in [-0.2, 0) is 0 Å². The Morgan fingerprint density at radius 1 is 1.75 bits per heavy atom. The number of alkyl halides is 1. The molecule has 0 aromatic rings. The van der Waals surface area contributed by atoms with Crippen LogP contribution in [0, 0.1) is 0 Å². The molecule has 0 aromatic heterocycles. The fraction of sp³-hybridized carbons (Fsp3) is 1.00. The molecule has 0 saturated carbocycles. The normalized spacial score (nSPS) is 13.9. The smallest absolute Gasteiger partial charge is 0.113 e. The summed E-state index contributed by atoms with van der Waals surface area (Å²) in [5.74, 6) is 0. The number of halogens is 1. The Kier molecular flexibility index (Phi) is 6.25. The van der Waals surface area contributed by atoms with Gasteiger partial charge < -0.3 is 5.11 Å². The largest absolute Gasteiger partial charge is 0.378 e. The van der Waals surface area contributed by atoms with Crippen molar-refractivity contribution in [3.63, 3.8) is 0 Å². The number of nitrogens with one attached hydrogen (secondary N) is 1. The Bertz CT molecular complexity index is 51.7. The molecule has 0 saturated heterocycles. The van der Waals surface area contributed by atoms with E-state index >= 15 is 0 Å². The van der Waals surface area contributed by atoms with Gasteiger partial charge in [-0.1, -0.05) is 29.5 Å². The van der Waals surface area contributed by atoms with Gasteiger partial charge in [0.2, 0.25) is 0 Å². The predicted molar refractivity (Wildman–Crippen MR) is 43.2 cm³/mol. The molecule has 2 nitrogen and oxygen atoms in total. The van der Waals surface area contributed by atoms with Gasteiger partial charge in [0.25, 0.3) is 0 Å². The first-order chi connectivity index (χ1) is 3.81. The molecule has 1 unspecified atom stereocenters. The molecular weight excluding hydrogens is 217 g/mol. The molecule has 2 N–H and O–H groups in total. The van der Waals surface area contributed by atoms with Gasteiger partial charge in [-0.3, -0.25) is 5.32 Å². The van der Waals surface area contributed by atoms with E-state index < -0.39 is 0 Å². The molecule has 50 valence electrons. The Labute approximate surface area is 63.8 Å². The molecule has 0 aliphatic heterocycles. The van der Waals surface area contributed by atoms with Crippen molar-refractivity contribution >= 4 is 22.6 Å². The standard InChI is InChI=1S/C5H12INO/c1-2-3-7-5(8)4-6/h5,7-8H,2-4H2,1H3. The van der Waals surface area contributed by atoms with Crippen LogP contribution in [0.4, 0.5) is 0 Å². The van der Waals surface area contributed by atoms with Crippen molar-refractivity contribution in [2.75, 3.05) is 11.0 Å². The molecule has 3 heteroatoms. The van der Waals surface area contributed by atoms with Crippen LogP contribution in [0.1, 0.15) is 13.3 Å². The first-order valence-corrected chi connectivity index (χ1v) is 4.31. The average molecular weight is 229 g/mol. The zero-order chi connectivity index (χ0) is 6.41. The number of aliphatic hydroxyl groups excluding tert-OH is 1. The van der Waals surface area contributed by atoms with Crippen molar-refractivity contribution in [3.05, 3.63) is 0 Å². The number of aliphatic hydroxyl groups is 1. The average Bonchev–Trinajstić information content (AvgIpc) is 1.83. The monoisotopic (exact) mass is 229 g/mol. The molecule has 0 amide bonds. The minimum Gasteiger partial charge on any atom is -0.378 e. The lowest BCUT2D eigenvalue weighted by Crippen LogP contribution is -2.30. The molecule has 8 heavy (non-hydrogen) atoms. The summed E-state index contributed by atoms with van der Waals surface area (Å²) in [5, 5.41) is 11.8. The minimum atomic E-state index is -0.310. The van der Waals surface area contributed by atoms with Gasteiger partial charge in [-0.2, -0.15) is 0 Å². The molecule has 0 bridgehead atoms. The lowest BCUT2D eigenvalue weighted by Gasteiger charge is -2.06. The number of hydrogen-bond donors (Lipinski definition) is 2. The molecule has 0 aliphatic rings. The van der Waals surface area contributed by atoms with Crippen LogP contribution in [0.15, 0.2) is 0 Å². The van der Waals surface area contributed by atoms with E-state index in [1.807, 2.05) is 0 Å². The van der Waals surface area contributed by atoms with Crippen LogP contribution in [0.2, 0.25) is 0 Å². The zero-order valence-electron chi connectivity index (χ0n) is 5.02. The van der Waals surface area contributed by atoms with E-state index in [0.717, 1.165) is 17.4 Å². The molecule has 0 heterocycles. The van der Waals surface area contributed by atoms with Crippen LogP contribution in [-0.4, -0.2) is 22.3 Å². The van der Waals surface area contributed by atoms with E-state index in [1.54, 1.807) is 0 Å². The molecule has 0 radical (unpaired) electrons. The van der Waals surface area contributed by atoms with Crippen molar-refractivity contribution in [2.24, 2.45) is 0 Å². The first kappa shape index (κ1) is 8.65. The van der Waals surface area contributed by atoms with E-state index in [-0.39, 0.29) is 6.23 Å². The molecule has 0 aromatic carbocycles. The summed E-state index contributed by atoms with van der Waals surface area (Å²) in [5.41, 5.74) is 0. The summed E-state index contributed by atoms with van der Waals surface area (Å²) in [6.07, 6.45) is 0.767. The SMILES string of the molecule is CCCNC(O)CI. The van der Waals surface area contributed by atoms with Gasteiger partial charge in [0.05, 0.1) is 0 Å². The van der Waals surface area contributed by atoms with Crippen molar-refractivity contribution < 1.29 is 5.11 Å². The highest BCUT2D eigenvalue weighted by molar-refractivity contribution is 14.1. The van der Waals surface area contributed by atoms with E-state index in [4.69, 9.17) is 5.11 Å². The summed E-state index contributed by atoms with van der Waals surface area (Å²) in [4.78, 5) is 0. The Morgan fingerprint density at radius 2 is 2.38 bits per heavy atom. The first-order valence-electron chi connectivity index (χ1n) is 2.78. The van der Waals surface area contributed by atoms with Crippen molar-refractivity contribution in [2.45, 2.75) is 19.6 Å². The predicted octanol–water partition coefficient (Wildman–Crippen LogP) is 0.739. The highest BCUT2D eigenvalue weighted by atomic mass is 127. The van der Waals surface area contributed by atoms with Crippen LogP contribution in [0.3, 0.4) is 0 Å². The van der Waals surface area contributed by atoms with E-state index in [2.05, 4.69) is 34.8 Å². The van der Waals surface area contributed by atoms with Gasteiger partial charge >= 0.3 is 0 Å². The van der Waals surface area contributed by atoms with Crippen LogP contribution < -0.4 is 5.32 Å². The molecule has 1 atom stereocenters. The Balaban J connectivity index is 2.86.